The molecule has 1 aliphatic heterocycles. The normalized spacial score (nSPS) is 25.9. The van der Waals surface area contributed by atoms with Crippen molar-refractivity contribution in [3.05, 3.63) is 23.8 Å². The number of hydrogen-bond donors (Lipinski definition) is 2. The van der Waals surface area contributed by atoms with E-state index in [4.69, 9.17) is 9.47 Å². The molecule has 8 nitrogen and oxygen atoms in total. The zero-order valence-corrected chi connectivity index (χ0v) is 20.7. The van der Waals surface area contributed by atoms with Crippen LogP contribution in [0.15, 0.2) is 18.2 Å². The van der Waals surface area contributed by atoms with Crippen molar-refractivity contribution in [2.24, 2.45) is 5.92 Å². The first-order valence-electron chi connectivity index (χ1n) is 12.1. The second kappa shape index (κ2) is 11.7. The molecule has 3 amide bonds. The molecule has 1 aliphatic carbocycles. The number of amides is 3. The molecule has 2 N–H and O–H groups in total. The number of fused-ring (bicyclic) bond motifs is 1. The number of nitrogens with zero attached hydrogens (tertiary/aromatic N) is 2. The third-order valence-electron chi connectivity index (χ3n) is 6.96. The van der Waals surface area contributed by atoms with Crippen LogP contribution in [-0.2, 0) is 4.74 Å². The summed E-state index contributed by atoms with van der Waals surface area (Å²) in [5, 5.41) is 5.97. The molecule has 0 spiro atoms. The summed E-state index contributed by atoms with van der Waals surface area (Å²) in [4.78, 5) is 29.7. The number of nitrogens with one attached hydrogen (secondary N) is 2. The molecule has 1 heterocycles. The second-order valence-corrected chi connectivity index (χ2v) is 9.68. The Bertz CT molecular complexity index is 812. The number of methoxy groups -OCH3 is 1. The van der Waals surface area contributed by atoms with E-state index in [1.807, 2.05) is 0 Å². The lowest BCUT2D eigenvalue weighted by molar-refractivity contribution is 0.0150. The van der Waals surface area contributed by atoms with Gasteiger partial charge in [-0.3, -0.25) is 9.69 Å². The highest BCUT2D eigenvalue weighted by Gasteiger charge is 2.27. The molecule has 3 atom stereocenters. The maximum atomic E-state index is 13.2. The minimum absolute atomic E-state index is 0.0678. The van der Waals surface area contributed by atoms with Crippen LogP contribution in [0.1, 0.15) is 56.3 Å². The predicted molar refractivity (Wildman–Crippen MR) is 130 cm³/mol. The van der Waals surface area contributed by atoms with Gasteiger partial charge < -0.3 is 25.0 Å². The predicted octanol–water partition coefficient (Wildman–Crippen LogP) is 3.58. The van der Waals surface area contributed by atoms with Crippen molar-refractivity contribution in [1.82, 2.24) is 15.1 Å². The van der Waals surface area contributed by atoms with E-state index in [-0.39, 0.29) is 36.0 Å². The number of likely N-dealkylation sites (N-methyl/N-ethyl adjacent to an activating group) is 2. The molecule has 33 heavy (non-hydrogen) atoms. The van der Waals surface area contributed by atoms with Crippen LogP contribution < -0.4 is 15.4 Å². The Morgan fingerprint density at radius 2 is 1.85 bits per heavy atom. The summed E-state index contributed by atoms with van der Waals surface area (Å²) in [6.45, 7) is 6.01. The van der Waals surface area contributed by atoms with Gasteiger partial charge in [-0.2, -0.15) is 0 Å². The number of rotatable bonds is 3. The van der Waals surface area contributed by atoms with Crippen molar-refractivity contribution < 1.29 is 19.1 Å². The van der Waals surface area contributed by atoms with E-state index in [9.17, 15) is 9.59 Å². The maximum absolute atomic E-state index is 13.2. The molecule has 8 heteroatoms. The summed E-state index contributed by atoms with van der Waals surface area (Å²) in [5.41, 5.74) is 1.09. The fourth-order valence-corrected chi connectivity index (χ4v) is 4.63. The molecule has 0 unspecified atom stereocenters. The van der Waals surface area contributed by atoms with Crippen LogP contribution in [0.5, 0.6) is 5.75 Å². The molecule has 1 aromatic rings. The van der Waals surface area contributed by atoms with Crippen molar-refractivity contribution in [1.29, 1.82) is 0 Å². The molecule has 1 saturated carbocycles. The molecule has 0 saturated heterocycles. The van der Waals surface area contributed by atoms with E-state index in [0.717, 1.165) is 32.2 Å². The summed E-state index contributed by atoms with van der Waals surface area (Å²) in [6.07, 6.45) is 5.52. The third kappa shape index (κ3) is 6.84. The number of ether oxygens (including phenoxy) is 2. The minimum Gasteiger partial charge on any atom is -0.491 e. The molecule has 184 valence electrons. The number of carbonyl (C=O) groups excluding carboxylic acids is 2. The van der Waals surface area contributed by atoms with E-state index in [1.165, 1.54) is 6.42 Å². The van der Waals surface area contributed by atoms with Gasteiger partial charge in [0, 0.05) is 51.1 Å². The summed E-state index contributed by atoms with van der Waals surface area (Å²) >= 11 is 0. The molecule has 1 aromatic carbocycles. The zero-order chi connectivity index (χ0) is 24.0. The Kier molecular flexibility index (Phi) is 8.97. The fourth-order valence-electron chi connectivity index (χ4n) is 4.63. The standard InChI is InChI=1S/C25H40N4O4/c1-17-14-28(3)18(2)16-33-22-13-20(27-25(31)26-19-9-7-6-8-10-19)11-12-21(22)24(30)29(4)15-23(17)32-5/h11-13,17-19,23H,6-10,14-16H2,1-5H3,(H2,26,27,31)/t17-,18-,23-/m1/s1. The van der Waals surface area contributed by atoms with Crippen LogP contribution >= 0.6 is 0 Å². The summed E-state index contributed by atoms with van der Waals surface area (Å²) in [5.74, 6) is 0.607. The fraction of sp³-hybridized carbons (Fsp3) is 0.680. The van der Waals surface area contributed by atoms with Crippen molar-refractivity contribution >= 4 is 17.6 Å². The Morgan fingerprint density at radius 3 is 2.55 bits per heavy atom. The van der Waals surface area contributed by atoms with Crippen LogP contribution in [-0.4, -0.2) is 80.8 Å². The van der Waals surface area contributed by atoms with Gasteiger partial charge in [0.15, 0.2) is 0 Å². The summed E-state index contributed by atoms with van der Waals surface area (Å²) < 4.78 is 11.8. The van der Waals surface area contributed by atoms with Gasteiger partial charge in [0.1, 0.15) is 12.4 Å². The first-order valence-corrected chi connectivity index (χ1v) is 12.1. The lowest BCUT2D eigenvalue weighted by Crippen LogP contribution is -2.45. The Labute approximate surface area is 198 Å². The first kappa shape index (κ1) is 25.3. The van der Waals surface area contributed by atoms with Crippen molar-refractivity contribution in [2.75, 3.05) is 46.2 Å². The molecular weight excluding hydrogens is 420 g/mol. The second-order valence-electron chi connectivity index (χ2n) is 9.68. The van der Waals surface area contributed by atoms with Crippen LogP contribution in [0.25, 0.3) is 0 Å². The Hall–Kier alpha value is -2.32. The van der Waals surface area contributed by atoms with E-state index in [0.29, 0.717) is 30.2 Å². The van der Waals surface area contributed by atoms with Gasteiger partial charge in [0.2, 0.25) is 0 Å². The van der Waals surface area contributed by atoms with Gasteiger partial charge in [-0.25, -0.2) is 4.79 Å². The topological polar surface area (TPSA) is 83.1 Å². The van der Waals surface area contributed by atoms with Crippen LogP contribution in [0, 0.1) is 5.92 Å². The van der Waals surface area contributed by atoms with Gasteiger partial charge in [-0.1, -0.05) is 26.2 Å². The van der Waals surface area contributed by atoms with Crippen LogP contribution in [0.2, 0.25) is 0 Å². The highest BCUT2D eigenvalue weighted by molar-refractivity contribution is 5.98. The first-order chi connectivity index (χ1) is 15.8. The SMILES string of the molecule is CO[C@@H]1CN(C)C(=O)c2ccc(NC(=O)NC3CCCCC3)cc2OC[C@@H](C)N(C)C[C@H]1C. The quantitative estimate of drug-likeness (QED) is 0.721. The third-order valence-corrected chi connectivity index (χ3v) is 6.96. The van der Waals surface area contributed by atoms with Crippen LogP contribution in [0.4, 0.5) is 10.5 Å². The molecule has 0 aromatic heterocycles. The number of hydrogen-bond acceptors (Lipinski definition) is 5. The number of urea groups is 1. The maximum Gasteiger partial charge on any atom is 0.319 e. The number of anilines is 1. The highest BCUT2D eigenvalue weighted by atomic mass is 16.5. The minimum atomic E-state index is -0.219. The molecular formula is C25H40N4O4. The Balaban J connectivity index is 1.79. The van der Waals surface area contributed by atoms with E-state index in [1.54, 1.807) is 37.3 Å². The van der Waals surface area contributed by atoms with Crippen molar-refractivity contribution in [3.8, 4) is 5.75 Å². The van der Waals surface area contributed by atoms with E-state index >= 15 is 0 Å². The summed E-state index contributed by atoms with van der Waals surface area (Å²) in [7, 11) is 5.56. The molecule has 0 radical (unpaired) electrons. The van der Waals surface area contributed by atoms with E-state index in [2.05, 4.69) is 36.4 Å². The van der Waals surface area contributed by atoms with E-state index < -0.39 is 0 Å². The number of carbonyl (C=O) groups is 2. The average molecular weight is 461 g/mol. The van der Waals surface area contributed by atoms with Gasteiger partial charge in [-0.15, -0.1) is 0 Å². The smallest absolute Gasteiger partial charge is 0.319 e. The van der Waals surface area contributed by atoms with Gasteiger partial charge in [-0.05, 0) is 44.9 Å². The summed E-state index contributed by atoms with van der Waals surface area (Å²) in [6, 6.07) is 5.39. The van der Waals surface area contributed by atoms with Gasteiger partial charge in [0.05, 0.1) is 11.7 Å². The monoisotopic (exact) mass is 460 g/mol. The number of benzene rings is 1. The highest BCUT2D eigenvalue weighted by Crippen LogP contribution is 2.27. The van der Waals surface area contributed by atoms with Gasteiger partial charge >= 0.3 is 6.03 Å². The molecule has 2 aliphatic rings. The van der Waals surface area contributed by atoms with Crippen molar-refractivity contribution in [2.45, 2.75) is 64.1 Å². The zero-order valence-electron chi connectivity index (χ0n) is 20.7. The largest absolute Gasteiger partial charge is 0.491 e. The van der Waals surface area contributed by atoms with Gasteiger partial charge in [0.25, 0.3) is 5.91 Å². The average Bonchev–Trinajstić information content (AvgIpc) is 2.80. The van der Waals surface area contributed by atoms with Crippen molar-refractivity contribution in [3.63, 3.8) is 0 Å². The Morgan fingerprint density at radius 1 is 1.12 bits per heavy atom. The van der Waals surface area contributed by atoms with Crippen LogP contribution in [0.3, 0.4) is 0 Å². The lowest BCUT2D eigenvalue weighted by atomic mass is 9.96. The lowest BCUT2D eigenvalue weighted by Gasteiger charge is -2.34. The molecule has 1 fully saturated rings. The molecule has 0 bridgehead atoms. The molecule has 3 rings (SSSR count).